The summed E-state index contributed by atoms with van der Waals surface area (Å²) in [5.41, 5.74) is 0.753. The number of fused-ring (bicyclic) bond motifs is 1. The Kier molecular flexibility index (Phi) is 2.88. The molecule has 0 saturated heterocycles. The minimum absolute atomic E-state index is 0.494. The van der Waals surface area contributed by atoms with Crippen LogP contribution in [0, 0.1) is 0 Å². The van der Waals surface area contributed by atoms with Crippen molar-refractivity contribution in [1.29, 1.82) is 0 Å². The minimum atomic E-state index is -0.828. The van der Waals surface area contributed by atoms with Gasteiger partial charge in [0.25, 0.3) is 5.79 Å². The number of carbonyl (C=O) groups is 1. The molecular formula is C15H18O4. The van der Waals surface area contributed by atoms with Gasteiger partial charge in [-0.25, -0.2) is 0 Å². The van der Waals surface area contributed by atoms with E-state index < -0.39 is 17.7 Å². The monoisotopic (exact) mass is 262 g/mol. The molecule has 1 aliphatic heterocycles. The molecular weight excluding hydrogens is 244 g/mol. The van der Waals surface area contributed by atoms with Crippen molar-refractivity contribution in [3.63, 3.8) is 0 Å². The van der Waals surface area contributed by atoms with Crippen molar-refractivity contribution in [3.05, 3.63) is 23.8 Å². The van der Waals surface area contributed by atoms with Gasteiger partial charge >= 0.3 is 5.97 Å². The summed E-state index contributed by atoms with van der Waals surface area (Å²) in [6, 6.07) is 5.44. The molecule has 19 heavy (non-hydrogen) atoms. The normalized spacial score (nSPS) is 21.3. The first-order valence-electron chi connectivity index (χ1n) is 6.84. The molecule has 1 unspecified atom stereocenters. The van der Waals surface area contributed by atoms with Crippen LogP contribution in [0.1, 0.15) is 50.5 Å². The lowest BCUT2D eigenvalue weighted by Crippen LogP contribution is -2.40. The second kappa shape index (κ2) is 4.44. The van der Waals surface area contributed by atoms with Gasteiger partial charge in [0.2, 0.25) is 0 Å². The number of hydrogen-bond acceptors (Lipinski definition) is 3. The summed E-state index contributed by atoms with van der Waals surface area (Å²) in [7, 11) is 0. The maximum atomic E-state index is 11.0. The predicted octanol–water partition coefficient (Wildman–Crippen LogP) is 3.31. The molecule has 0 amide bonds. The van der Waals surface area contributed by atoms with Crippen molar-refractivity contribution in [1.82, 2.24) is 0 Å². The van der Waals surface area contributed by atoms with Gasteiger partial charge in [-0.05, 0) is 37.5 Å². The van der Waals surface area contributed by atoms with Gasteiger partial charge in [0.1, 0.15) is 0 Å². The van der Waals surface area contributed by atoms with Gasteiger partial charge in [-0.3, -0.25) is 4.79 Å². The van der Waals surface area contributed by atoms with Gasteiger partial charge < -0.3 is 14.6 Å². The molecule has 1 fully saturated rings. The highest BCUT2D eigenvalue weighted by molar-refractivity contribution is 5.76. The Labute approximate surface area is 112 Å². The highest BCUT2D eigenvalue weighted by atomic mass is 16.7. The largest absolute Gasteiger partial charge is 0.481 e. The van der Waals surface area contributed by atoms with Crippen molar-refractivity contribution >= 4 is 5.97 Å². The summed E-state index contributed by atoms with van der Waals surface area (Å²) < 4.78 is 12.0. The zero-order valence-corrected chi connectivity index (χ0v) is 11.0. The van der Waals surface area contributed by atoms with E-state index in [1.165, 1.54) is 6.42 Å². The van der Waals surface area contributed by atoms with Crippen LogP contribution in [0.15, 0.2) is 18.2 Å². The molecule has 1 aliphatic carbocycles. The highest BCUT2D eigenvalue weighted by Crippen LogP contribution is 2.46. The van der Waals surface area contributed by atoms with E-state index >= 15 is 0 Å². The molecule has 102 valence electrons. The number of rotatable bonds is 2. The summed E-state index contributed by atoms with van der Waals surface area (Å²) in [4.78, 5) is 11.0. The summed E-state index contributed by atoms with van der Waals surface area (Å²) >= 11 is 0. The average Bonchev–Trinajstić information content (AvgIpc) is 2.74. The molecule has 1 saturated carbocycles. The molecule has 3 rings (SSSR count). The van der Waals surface area contributed by atoms with Crippen molar-refractivity contribution in [2.75, 3.05) is 0 Å². The molecule has 0 radical (unpaired) electrons. The molecule has 0 aromatic heterocycles. The zero-order valence-electron chi connectivity index (χ0n) is 11.0. The molecule has 1 N–H and O–H groups in total. The Morgan fingerprint density at radius 1 is 1.21 bits per heavy atom. The third-order valence-electron chi connectivity index (χ3n) is 4.05. The Balaban J connectivity index is 1.85. The number of hydrogen-bond donors (Lipinski definition) is 1. The van der Waals surface area contributed by atoms with Crippen LogP contribution in [0.3, 0.4) is 0 Å². The molecule has 1 atom stereocenters. The number of carboxylic acids is 1. The van der Waals surface area contributed by atoms with Gasteiger partial charge in [0.15, 0.2) is 11.5 Å². The molecule has 2 aliphatic rings. The molecule has 4 heteroatoms. The Hall–Kier alpha value is -1.71. The lowest BCUT2D eigenvalue weighted by molar-refractivity contribution is -0.138. The van der Waals surface area contributed by atoms with Gasteiger partial charge in [-0.1, -0.05) is 12.5 Å². The number of aliphatic carboxylic acids is 1. The van der Waals surface area contributed by atoms with E-state index in [0.29, 0.717) is 5.75 Å². The van der Waals surface area contributed by atoms with Gasteiger partial charge in [-0.2, -0.15) is 0 Å². The van der Waals surface area contributed by atoms with Crippen LogP contribution < -0.4 is 9.47 Å². The van der Waals surface area contributed by atoms with E-state index in [1.54, 1.807) is 13.0 Å². The first-order chi connectivity index (χ1) is 9.10. The molecule has 1 aromatic rings. The lowest BCUT2D eigenvalue weighted by Gasteiger charge is -2.31. The quantitative estimate of drug-likeness (QED) is 0.888. The summed E-state index contributed by atoms with van der Waals surface area (Å²) in [5, 5.41) is 9.05. The van der Waals surface area contributed by atoms with Gasteiger partial charge in [0, 0.05) is 12.8 Å². The standard InChI is InChI=1S/C15H18O4/c1-10(14(16)17)11-5-6-12-13(9-11)19-15(18-12)7-3-2-4-8-15/h5-6,9-10H,2-4,7-8H2,1H3,(H,16,17). The third-order valence-corrected chi connectivity index (χ3v) is 4.05. The van der Waals surface area contributed by atoms with Crippen LogP contribution >= 0.6 is 0 Å². The minimum Gasteiger partial charge on any atom is -0.481 e. The predicted molar refractivity (Wildman–Crippen MR) is 69.6 cm³/mol. The second-order valence-corrected chi connectivity index (χ2v) is 5.44. The Morgan fingerprint density at radius 2 is 1.89 bits per heavy atom. The van der Waals surface area contributed by atoms with Crippen molar-refractivity contribution in [2.24, 2.45) is 0 Å². The van der Waals surface area contributed by atoms with E-state index in [-0.39, 0.29) is 0 Å². The fourth-order valence-corrected chi connectivity index (χ4v) is 2.82. The molecule has 4 nitrogen and oxygen atoms in total. The Bertz CT molecular complexity index is 503. The fourth-order valence-electron chi connectivity index (χ4n) is 2.82. The second-order valence-electron chi connectivity index (χ2n) is 5.44. The number of carboxylic acid groups (broad SMARTS) is 1. The first-order valence-corrected chi connectivity index (χ1v) is 6.84. The number of benzene rings is 1. The van der Waals surface area contributed by atoms with E-state index in [1.807, 2.05) is 12.1 Å². The topological polar surface area (TPSA) is 55.8 Å². The smallest absolute Gasteiger partial charge is 0.310 e. The average molecular weight is 262 g/mol. The van der Waals surface area contributed by atoms with Crippen LogP contribution in [0.25, 0.3) is 0 Å². The maximum Gasteiger partial charge on any atom is 0.310 e. The highest BCUT2D eigenvalue weighted by Gasteiger charge is 2.42. The molecule has 1 aromatic carbocycles. The maximum absolute atomic E-state index is 11.0. The van der Waals surface area contributed by atoms with Crippen molar-refractivity contribution in [3.8, 4) is 11.5 Å². The molecule has 1 spiro atoms. The Morgan fingerprint density at radius 3 is 2.58 bits per heavy atom. The zero-order chi connectivity index (χ0) is 13.5. The van der Waals surface area contributed by atoms with E-state index in [2.05, 4.69) is 0 Å². The van der Waals surface area contributed by atoms with Crippen molar-refractivity contribution < 1.29 is 19.4 Å². The van der Waals surface area contributed by atoms with E-state index in [0.717, 1.165) is 37.0 Å². The third kappa shape index (κ3) is 2.15. The van der Waals surface area contributed by atoms with E-state index in [9.17, 15) is 4.79 Å². The SMILES string of the molecule is CC(C(=O)O)c1ccc2c(c1)OC1(CCCCC1)O2. The van der Waals surface area contributed by atoms with Crippen LogP contribution in [-0.4, -0.2) is 16.9 Å². The summed E-state index contributed by atoms with van der Waals surface area (Å²) in [6.45, 7) is 1.68. The van der Waals surface area contributed by atoms with Gasteiger partial charge in [0.05, 0.1) is 5.92 Å². The van der Waals surface area contributed by atoms with Crippen LogP contribution in [0.2, 0.25) is 0 Å². The summed E-state index contributed by atoms with van der Waals surface area (Å²) in [6.07, 6.45) is 5.28. The van der Waals surface area contributed by atoms with E-state index in [4.69, 9.17) is 14.6 Å². The molecule has 0 bridgehead atoms. The molecule has 1 heterocycles. The van der Waals surface area contributed by atoms with Crippen LogP contribution in [-0.2, 0) is 4.79 Å². The first kappa shape index (κ1) is 12.3. The van der Waals surface area contributed by atoms with Crippen LogP contribution in [0.4, 0.5) is 0 Å². The summed E-state index contributed by atoms with van der Waals surface area (Å²) in [5.74, 6) is -0.426. The van der Waals surface area contributed by atoms with Crippen LogP contribution in [0.5, 0.6) is 11.5 Å². The van der Waals surface area contributed by atoms with Gasteiger partial charge in [-0.15, -0.1) is 0 Å². The number of ether oxygens (including phenoxy) is 2. The van der Waals surface area contributed by atoms with Crippen molar-refractivity contribution in [2.45, 2.75) is 50.7 Å². The lowest BCUT2D eigenvalue weighted by atomic mass is 9.94. The fraction of sp³-hybridized carbons (Fsp3) is 0.533.